The number of carboxylic acids is 1. The molecule has 3 heterocycles. The van der Waals surface area contributed by atoms with Crippen molar-refractivity contribution >= 4 is 18.0 Å². The molecule has 2 aromatic rings. The summed E-state index contributed by atoms with van der Waals surface area (Å²) in [6.45, 7) is 2.80. The first-order valence-corrected chi connectivity index (χ1v) is 13.0. The van der Waals surface area contributed by atoms with Gasteiger partial charge in [0, 0.05) is 18.5 Å². The average Bonchev–Trinajstić information content (AvgIpc) is 3.59. The van der Waals surface area contributed by atoms with Gasteiger partial charge in [0.05, 0.1) is 18.1 Å². The van der Waals surface area contributed by atoms with Crippen molar-refractivity contribution < 1.29 is 28.2 Å². The molecule has 2 bridgehead atoms. The van der Waals surface area contributed by atoms with Crippen molar-refractivity contribution in [1.82, 2.24) is 10.3 Å². The number of hydrogen-bond donors (Lipinski definition) is 2. The van der Waals surface area contributed by atoms with Gasteiger partial charge in [-0.3, -0.25) is 4.79 Å². The lowest BCUT2D eigenvalue weighted by atomic mass is 9.75. The number of oxazole rings is 1. The zero-order valence-corrected chi connectivity index (χ0v) is 20.7. The van der Waals surface area contributed by atoms with Crippen LogP contribution in [0.15, 0.2) is 35.0 Å². The normalized spacial score (nSPS) is 22.9. The first kappa shape index (κ1) is 26.1. The molecule has 0 aliphatic carbocycles. The highest BCUT2D eigenvalue weighted by Gasteiger charge is 2.51. The van der Waals surface area contributed by atoms with Crippen LogP contribution >= 0.6 is 0 Å². The number of carboxylic acid groups (broad SMARTS) is 1. The third-order valence-electron chi connectivity index (χ3n) is 7.25. The lowest BCUT2D eigenvalue weighted by Crippen LogP contribution is -2.28. The van der Waals surface area contributed by atoms with Gasteiger partial charge in [0.2, 0.25) is 5.89 Å². The van der Waals surface area contributed by atoms with Crippen molar-refractivity contribution in [2.24, 2.45) is 5.92 Å². The summed E-state index contributed by atoms with van der Waals surface area (Å²) in [5.41, 5.74) is 1.62. The Balaban J connectivity index is 1.42. The summed E-state index contributed by atoms with van der Waals surface area (Å²) in [6, 6.07) is 4.36. The number of fused-ring (bicyclic) bond motifs is 2. The molecular weight excluding hydrogens is 463 g/mol. The molecule has 8 heteroatoms. The summed E-state index contributed by atoms with van der Waals surface area (Å²) in [7, 11) is 0. The van der Waals surface area contributed by atoms with E-state index in [9.17, 15) is 14.0 Å². The molecule has 0 radical (unpaired) electrons. The highest BCUT2D eigenvalue weighted by molar-refractivity contribution is 5.91. The maximum Gasteiger partial charge on any atom is 0.328 e. The van der Waals surface area contributed by atoms with Crippen LogP contribution < -0.4 is 5.32 Å². The van der Waals surface area contributed by atoms with E-state index in [0.717, 1.165) is 31.8 Å². The number of aliphatic carboxylic acids is 1. The van der Waals surface area contributed by atoms with Crippen LogP contribution in [0.2, 0.25) is 0 Å². The number of benzene rings is 1. The largest absolute Gasteiger partial charge is 0.478 e. The number of nitrogens with zero attached hydrogens (tertiary/aromatic N) is 1. The van der Waals surface area contributed by atoms with E-state index >= 15 is 0 Å². The van der Waals surface area contributed by atoms with Crippen molar-refractivity contribution in [1.29, 1.82) is 0 Å². The quantitative estimate of drug-likeness (QED) is 0.279. The minimum atomic E-state index is -1.06. The van der Waals surface area contributed by atoms with Gasteiger partial charge in [-0.05, 0) is 55.0 Å². The number of nitrogens with one attached hydrogen (secondary N) is 1. The Morgan fingerprint density at radius 2 is 1.94 bits per heavy atom. The van der Waals surface area contributed by atoms with Gasteiger partial charge in [-0.25, -0.2) is 14.2 Å². The van der Waals surface area contributed by atoms with Crippen LogP contribution in [0.4, 0.5) is 4.39 Å². The highest BCUT2D eigenvalue weighted by atomic mass is 19.1. The van der Waals surface area contributed by atoms with Crippen LogP contribution in [0, 0.1) is 11.7 Å². The Bertz CT molecular complexity index is 1080. The molecule has 36 heavy (non-hydrogen) atoms. The fourth-order valence-electron chi connectivity index (χ4n) is 5.45. The minimum Gasteiger partial charge on any atom is -0.478 e. The van der Waals surface area contributed by atoms with Crippen LogP contribution in [0.1, 0.15) is 91.7 Å². The number of halogens is 1. The van der Waals surface area contributed by atoms with Crippen molar-refractivity contribution in [3.8, 4) is 0 Å². The Morgan fingerprint density at radius 3 is 2.75 bits per heavy atom. The molecule has 1 aromatic carbocycles. The molecule has 0 spiro atoms. The summed E-state index contributed by atoms with van der Waals surface area (Å²) in [6.07, 6.45) is 13.0. The number of carbonyl (C=O) groups excluding carboxylic acids is 1. The SMILES string of the molecule is CCCCCCCCNC(=O)c1coc(C2C3CCC(O3)C2Cc2cc(F)ccc2C=CC(=O)O)n1. The number of aromatic nitrogens is 1. The maximum atomic E-state index is 14.1. The van der Waals surface area contributed by atoms with Gasteiger partial charge in [-0.2, -0.15) is 0 Å². The molecule has 2 N–H and O–H groups in total. The molecule has 194 valence electrons. The number of hydrogen-bond acceptors (Lipinski definition) is 5. The fourth-order valence-corrected chi connectivity index (χ4v) is 5.45. The number of rotatable bonds is 13. The van der Waals surface area contributed by atoms with Crippen molar-refractivity contribution in [3.05, 3.63) is 59.1 Å². The van der Waals surface area contributed by atoms with E-state index in [2.05, 4.69) is 17.2 Å². The van der Waals surface area contributed by atoms with Crippen LogP contribution in [0.25, 0.3) is 6.08 Å². The molecule has 0 saturated carbocycles. The van der Waals surface area contributed by atoms with Crippen LogP contribution in [0.3, 0.4) is 0 Å². The smallest absolute Gasteiger partial charge is 0.328 e. The van der Waals surface area contributed by atoms with Gasteiger partial charge in [0.1, 0.15) is 12.1 Å². The number of amides is 1. The zero-order valence-electron chi connectivity index (χ0n) is 20.7. The van der Waals surface area contributed by atoms with Crippen LogP contribution in [-0.2, 0) is 16.0 Å². The molecular formula is C28H35FN2O5. The van der Waals surface area contributed by atoms with Gasteiger partial charge >= 0.3 is 5.97 Å². The topological polar surface area (TPSA) is 102 Å². The Kier molecular flexibility index (Phi) is 8.91. The number of carbonyl (C=O) groups is 2. The van der Waals surface area contributed by atoms with Crippen molar-refractivity contribution in [2.75, 3.05) is 6.54 Å². The lowest BCUT2D eigenvalue weighted by molar-refractivity contribution is -0.131. The predicted octanol–water partition coefficient (Wildman–Crippen LogP) is 5.51. The Morgan fingerprint density at radius 1 is 1.17 bits per heavy atom. The summed E-state index contributed by atoms with van der Waals surface area (Å²) in [4.78, 5) is 28.1. The first-order chi connectivity index (χ1) is 17.5. The molecule has 4 unspecified atom stereocenters. The number of ether oxygens (including phenoxy) is 1. The molecule has 1 amide bonds. The second kappa shape index (κ2) is 12.3. The second-order valence-electron chi connectivity index (χ2n) is 9.79. The van der Waals surface area contributed by atoms with E-state index in [0.29, 0.717) is 30.0 Å². The van der Waals surface area contributed by atoms with Crippen LogP contribution in [0.5, 0.6) is 0 Å². The van der Waals surface area contributed by atoms with Crippen molar-refractivity contribution in [2.45, 2.75) is 82.8 Å². The highest BCUT2D eigenvalue weighted by Crippen LogP contribution is 2.50. The summed E-state index contributed by atoms with van der Waals surface area (Å²) >= 11 is 0. The minimum absolute atomic E-state index is 0.0137. The standard InChI is InChI=1S/C28H35FN2O5/c1-2-3-4-5-6-7-14-30-27(34)22-17-35-28(31-22)26-21(23-11-12-24(26)36-23)16-19-15-20(29)10-8-18(19)9-13-25(32)33/h8-10,13,15,17,21,23-24,26H,2-7,11-12,14,16H2,1H3,(H,30,34)(H,32,33). The number of unbranched alkanes of at least 4 members (excludes halogenated alkanes) is 5. The molecule has 1 aromatic heterocycles. The monoisotopic (exact) mass is 498 g/mol. The summed E-state index contributed by atoms with van der Waals surface area (Å²) < 4.78 is 26.0. The maximum absolute atomic E-state index is 14.1. The first-order valence-electron chi connectivity index (χ1n) is 13.0. The van der Waals surface area contributed by atoms with E-state index in [1.165, 1.54) is 50.2 Å². The lowest BCUT2D eigenvalue weighted by Gasteiger charge is -2.26. The van der Waals surface area contributed by atoms with Gasteiger partial charge in [0.15, 0.2) is 5.69 Å². The molecule has 2 fully saturated rings. The summed E-state index contributed by atoms with van der Waals surface area (Å²) in [5.74, 6) is -1.38. The van der Waals surface area contributed by atoms with E-state index in [-0.39, 0.29) is 41.5 Å². The fraction of sp³-hybridized carbons (Fsp3) is 0.536. The molecule has 2 aliphatic heterocycles. The summed E-state index contributed by atoms with van der Waals surface area (Å²) in [5, 5.41) is 11.9. The van der Waals surface area contributed by atoms with Gasteiger partial charge in [-0.15, -0.1) is 0 Å². The van der Waals surface area contributed by atoms with E-state index in [4.69, 9.17) is 14.3 Å². The van der Waals surface area contributed by atoms with Crippen molar-refractivity contribution in [3.63, 3.8) is 0 Å². The third-order valence-corrected chi connectivity index (χ3v) is 7.25. The molecule has 4 rings (SSSR count). The van der Waals surface area contributed by atoms with Crippen LogP contribution in [-0.4, -0.2) is 40.7 Å². The Hall–Kier alpha value is -3.00. The second-order valence-corrected chi connectivity index (χ2v) is 9.79. The van der Waals surface area contributed by atoms with E-state index in [1.54, 1.807) is 6.07 Å². The average molecular weight is 499 g/mol. The Labute approximate surface area is 211 Å². The molecule has 7 nitrogen and oxygen atoms in total. The third kappa shape index (κ3) is 6.40. The predicted molar refractivity (Wildman–Crippen MR) is 133 cm³/mol. The zero-order chi connectivity index (χ0) is 25.5. The van der Waals surface area contributed by atoms with Gasteiger partial charge in [0.25, 0.3) is 5.91 Å². The van der Waals surface area contributed by atoms with Gasteiger partial charge < -0.3 is 19.6 Å². The van der Waals surface area contributed by atoms with Gasteiger partial charge in [-0.1, -0.05) is 45.1 Å². The van der Waals surface area contributed by atoms with E-state index < -0.39 is 5.97 Å². The molecule has 2 aliphatic rings. The van der Waals surface area contributed by atoms with E-state index in [1.807, 2.05) is 0 Å². The molecule has 4 atom stereocenters. The molecule has 2 saturated heterocycles.